The Morgan fingerprint density at radius 3 is 2.94 bits per heavy atom. The molecule has 7 heteroatoms. The van der Waals surface area contributed by atoms with Crippen molar-refractivity contribution in [3.05, 3.63) is 17.5 Å². The molecule has 88 valence electrons. The zero-order valence-corrected chi connectivity index (χ0v) is 10.2. The van der Waals surface area contributed by atoms with Gasteiger partial charge in [0.05, 0.1) is 6.54 Å². The molecule has 2 heterocycles. The highest BCUT2D eigenvalue weighted by atomic mass is 32.2. The summed E-state index contributed by atoms with van der Waals surface area (Å²) in [6.45, 7) is 0.886. The molecule has 0 radical (unpaired) electrons. The second-order valence-electron chi connectivity index (χ2n) is 3.67. The Hall–Kier alpha value is -0.920. The lowest BCUT2D eigenvalue weighted by Gasteiger charge is -2.07. The molecule has 5 nitrogen and oxygen atoms in total. The summed E-state index contributed by atoms with van der Waals surface area (Å²) in [5.41, 5.74) is 0. The molecule has 1 fully saturated rings. The summed E-state index contributed by atoms with van der Waals surface area (Å²) in [6, 6.07) is 2.87. The molecule has 0 bridgehead atoms. The van der Waals surface area contributed by atoms with E-state index in [1.165, 1.54) is 6.07 Å². The van der Waals surface area contributed by atoms with Crippen LogP contribution in [0.1, 0.15) is 12.8 Å². The third-order valence-corrected chi connectivity index (χ3v) is 5.25. The summed E-state index contributed by atoms with van der Waals surface area (Å²) in [7, 11) is -3.65. The van der Waals surface area contributed by atoms with E-state index in [4.69, 9.17) is 0 Å². The van der Waals surface area contributed by atoms with Crippen LogP contribution in [0.2, 0.25) is 0 Å². The first-order valence-corrected chi connectivity index (χ1v) is 7.39. The number of thiophene rings is 1. The van der Waals surface area contributed by atoms with Gasteiger partial charge in [-0.15, -0.1) is 11.3 Å². The molecule has 1 atom stereocenters. The van der Waals surface area contributed by atoms with Gasteiger partial charge in [0.15, 0.2) is 6.04 Å². The van der Waals surface area contributed by atoms with Crippen molar-refractivity contribution in [2.75, 3.05) is 6.54 Å². The van der Waals surface area contributed by atoms with Crippen molar-refractivity contribution >= 4 is 27.3 Å². The lowest BCUT2D eigenvalue weighted by molar-refractivity contribution is -0.657. The molecule has 1 aromatic rings. The molecule has 0 saturated carbocycles. The van der Waals surface area contributed by atoms with Crippen LogP contribution in [0.4, 0.5) is 0 Å². The quantitative estimate of drug-likeness (QED) is 0.753. The van der Waals surface area contributed by atoms with Crippen LogP contribution in [-0.4, -0.2) is 26.9 Å². The second-order valence-corrected chi connectivity index (χ2v) is 6.53. The summed E-state index contributed by atoms with van der Waals surface area (Å²) in [5.74, 6) is -0.411. The van der Waals surface area contributed by atoms with E-state index in [1.54, 1.807) is 11.4 Å². The van der Waals surface area contributed by atoms with Crippen molar-refractivity contribution < 1.29 is 18.5 Å². The second kappa shape index (κ2) is 4.52. The maximum atomic E-state index is 11.7. The highest BCUT2D eigenvalue weighted by molar-refractivity contribution is 7.92. The van der Waals surface area contributed by atoms with Gasteiger partial charge in [-0.2, -0.15) is 0 Å². The van der Waals surface area contributed by atoms with Crippen molar-refractivity contribution in [2.45, 2.75) is 23.1 Å². The smallest absolute Gasteiger partial charge is 0.291 e. The minimum absolute atomic E-state index is 0.179. The average Bonchev–Trinajstić information content (AvgIpc) is 2.91. The van der Waals surface area contributed by atoms with Crippen molar-refractivity contribution in [3.8, 4) is 0 Å². The van der Waals surface area contributed by atoms with E-state index in [0.29, 0.717) is 0 Å². The van der Waals surface area contributed by atoms with Crippen LogP contribution in [0, 0.1) is 0 Å². The number of hydrogen-bond acceptors (Lipinski definition) is 4. The summed E-state index contributed by atoms with van der Waals surface area (Å²) < 4.78 is 25.7. The third-order valence-electron chi connectivity index (χ3n) is 2.50. The normalized spacial score (nSPS) is 20.9. The minimum Gasteiger partial charge on any atom is -0.336 e. The maximum Gasteiger partial charge on any atom is 0.291 e. The van der Waals surface area contributed by atoms with Crippen LogP contribution in [-0.2, 0) is 14.8 Å². The highest BCUT2D eigenvalue weighted by Gasteiger charge is 2.30. The zero-order valence-electron chi connectivity index (χ0n) is 8.55. The van der Waals surface area contributed by atoms with Crippen molar-refractivity contribution in [1.82, 2.24) is 4.72 Å². The number of hydrogen-bond donors (Lipinski definition) is 2. The van der Waals surface area contributed by atoms with Crippen LogP contribution < -0.4 is 10.0 Å². The van der Waals surface area contributed by atoms with E-state index in [0.717, 1.165) is 30.7 Å². The van der Waals surface area contributed by atoms with Gasteiger partial charge in [0.2, 0.25) is 0 Å². The number of quaternary nitrogens is 1. The predicted molar refractivity (Wildman–Crippen MR) is 59.5 cm³/mol. The number of carbonyl (C=O) groups excluding carboxylic acids is 1. The molecular weight excluding hydrogens is 248 g/mol. The molecule has 16 heavy (non-hydrogen) atoms. The summed E-state index contributed by atoms with van der Waals surface area (Å²) in [5, 5.41) is 3.54. The van der Waals surface area contributed by atoms with Gasteiger partial charge in [-0.1, -0.05) is 6.07 Å². The number of amides is 1. The summed E-state index contributed by atoms with van der Waals surface area (Å²) >= 11 is 1.10. The van der Waals surface area contributed by atoms with Gasteiger partial charge >= 0.3 is 0 Å². The van der Waals surface area contributed by atoms with Gasteiger partial charge in [-0.25, -0.2) is 13.1 Å². The van der Waals surface area contributed by atoms with Crippen molar-refractivity contribution in [1.29, 1.82) is 0 Å². The molecular formula is C9H13N2O3S2+. The van der Waals surface area contributed by atoms with Gasteiger partial charge in [-0.3, -0.25) is 4.79 Å². The van der Waals surface area contributed by atoms with Gasteiger partial charge in [0.1, 0.15) is 4.21 Å². The molecule has 1 amide bonds. The van der Waals surface area contributed by atoms with E-state index in [1.807, 2.05) is 5.32 Å². The van der Waals surface area contributed by atoms with Crippen molar-refractivity contribution in [3.63, 3.8) is 0 Å². The van der Waals surface area contributed by atoms with E-state index in [9.17, 15) is 13.2 Å². The molecule has 1 aromatic heterocycles. The van der Waals surface area contributed by atoms with Crippen LogP contribution >= 0.6 is 11.3 Å². The molecule has 0 aliphatic carbocycles. The fraction of sp³-hybridized carbons (Fsp3) is 0.444. The fourth-order valence-corrected chi connectivity index (χ4v) is 3.71. The van der Waals surface area contributed by atoms with Crippen LogP contribution in [0.25, 0.3) is 0 Å². The Morgan fingerprint density at radius 2 is 2.38 bits per heavy atom. The maximum absolute atomic E-state index is 11.7. The third kappa shape index (κ3) is 2.42. The topological polar surface area (TPSA) is 79.8 Å². The number of carbonyl (C=O) groups is 1. The highest BCUT2D eigenvalue weighted by Crippen LogP contribution is 2.15. The van der Waals surface area contributed by atoms with Crippen molar-refractivity contribution in [2.24, 2.45) is 0 Å². The fourth-order valence-electron chi connectivity index (χ4n) is 1.69. The predicted octanol–water partition coefficient (Wildman–Crippen LogP) is -0.721. The SMILES string of the molecule is O=C(NS(=O)(=O)c1cccs1)[C@@H]1CCC[NH2+]1. The van der Waals surface area contributed by atoms with Crippen LogP contribution in [0.15, 0.2) is 21.7 Å². The van der Waals surface area contributed by atoms with Gasteiger partial charge in [-0.05, 0) is 11.4 Å². The van der Waals surface area contributed by atoms with Gasteiger partial charge < -0.3 is 5.32 Å². The Labute approximate surface area is 97.9 Å². The number of nitrogens with one attached hydrogen (secondary N) is 1. The van der Waals surface area contributed by atoms with E-state index < -0.39 is 15.9 Å². The summed E-state index contributed by atoms with van der Waals surface area (Å²) in [6.07, 6.45) is 1.70. The molecule has 0 unspecified atom stereocenters. The molecule has 3 N–H and O–H groups in total. The molecule has 0 aromatic carbocycles. The molecule has 1 saturated heterocycles. The van der Waals surface area contributed by atoms with Gasteiger partial charge in [0.25, 0.3) is 15.9 Å². The van der Waals surface area contributed by atoms with Gasteiger partial charge in [0, 0.05) is 12.8 Å². The first-order valence-electron chi connectivity index (χ1n) is 5.03. The lowest BCUT2D eigenvalue weighted by Crippen LogP contribution is -2.89. The molecule has 2 rings (SSSR count). The summed E-state index contributed by atoms with van der Waals surface area (Å²) in [4.78, 5) is 11.6. The standard InChI is InChI=1S/C9H12N2O3S2/c12-9(7-3-1-5-10-7)11-16(13,14)8-4-2-6-15-8/h2,4,6-7,10H,1,3,5H2,(H,11,12)/p+1/t7-/m0/s1. The molecule has 0 spiro atoms. The van der Waals surface area contributed by atoms with E-state index in [2.05, 4.69) is 4.72 Å². The lowest BCUT2D eigenvalue weighted by atomic mass is 10.2. The largest absolute Gasteiger partial charge is 0.336 e. The molecule has 1 aliphatic rings. The van der Waals surface area contributed by atoms with Crippen LogP contribution in [0.5, 0.6) is 0 Å². The minimum atomic E-state index is -3.65. The Balaban J connectivity index is 2.06. The first kappa shape index (κ1) is 11.6. The van der Waals surface area contributed by atoms with E-state index in [-0.39, 0.29) is 10.3 Å². The molecule has 1 aliphatic heterocycles. The number of nitrogens with two attached hydrogens (primary N) is 1. The van der Waals surface area contributed by atoms with E-state index >= 15 is 0 Å². The zero-order chi connectivity index (χ0) is 11.6. The monoisotopic (exact) mass is 261 g/mol. The number of sulfonamides is 1. The Morgan fingerprint density at radius 1 is 1.56 bits per heavy atom. The Bertz CT molecular complexity index is 461. The first-order chi connectivity index (χ1) is 7.59. The Kier molecular flexibility index (Phi) is 3.27. The van der Waals surface area contributed by atoms with Crippen LogP contribution in [0.3, 0.4) is 0 Å². The average molecular weight is 261 g/mol. The number of rotatable bonds is 3.